The van der Waals surface area contributed by atoms with Crippen molar-refractivity contribution < 1.29 is 4.79 Å². The largest absolute Gasteiger partial charge is 0.363 e. The van der Waals surface area contributed by atoms with Gasteiger partial charge in [0, 0.05) is 39.1 Å². The summed E-state index contributed by atoms with van der Waals surface area (Å²) in [6, 6.07) is 6.09. The van der Waals surface area contributed by atoms with Gasteiger partial charge in [-0.3, -0.25) is 9.48 Å². The number of aryl methyl sites for hydroxylation is 2. The number of carbonyl (C=O) groups is 1. The summed E-state index contributed by atoms with van der Waals surface area (Å²) in [4.78, 5) is 21.0. The van der Waals surface area contributed by atoms with E-state index in [-0.39, 0.29) is 11.9 Å². The average molecular weight is 327 g/mol. The molecule has 0 spiro atoms. The lowest BCUT2D eigenvalue weighted by atomic mass is 10.0. The zero-order chi connectivity index (χ0) is 17.3. The topological polar surface area (TPSA) is 54.3 Å². The maximum atomic E-state index is 12.8. The molecule has 1 amide bonds. The third kappa shape index (κ3) is 3.27. The van der Waals surface area contributed by atoms with Crippen LogP contribution in [0.3, 0.4) is 0 Å². The fourth-order valence-corrected chi connectivity index (χ4v) is 3.31. The molecule has 6 nitrogen and oxygen atoms in total. The molecule has 0 bridgehead atoms. The number of carbonyl (C=O) groups excluding carboxylic acids is 1. The molecular weight excluding hydrogens is 302 g/mol. The highest BCUT2D eigenvalue weighted by molar-refractivity contribution is 5.94. The molecule has 0 radical (unpaired) electrons. The average Bonchev–Trinajstić information content (AvgIpc) is 2.93. The van der Waals surface area contributed by atoms with Crippen molar-refractivity contribution in [2.45, 2.75) is 32.7 Å². The number of hydrogen-bond donors (Lipinski definition) is 0. The van der Waals surface area contributed by atoms with Crippen LogP contribution >= 0.6 is 0 Å². The first-order valence-corrected chi connectivity index (χ1v) is 8.41. The van der Waals surface area contributed by atoms with Gasteiger partial charge in [-0.1, -0.05) is 0 Å². The normalized spacial score (nSPS) is 17.8. The van der Waals surface area contributed by atoms with Crippen molar-refractivity contribution >= 4 is 11.7 Å². The first-order chi connectivity index (χ1) is 11.5. The lowest BCUT2D eigenvalue weighted by Gasteiger charge is -2.33. The Morgan fingerprint density at radius 2 is 2.08 bits per heavy atom. The Labute approximate surface area is 143 Å². The lowest BCUT2D eigenvalue weighted by Crippen LogP contribution is -2.41. The van der Waals surface area contributed by atoms with Crippen molar-refractivity contribution in [1.29, 1.82) is 0 Å². The zero-order valence-electron chi connectivity index (χ0n) is 14.9. The van der Waals surface area contributed by atoms with Gasteiger partial charge in [0.15, 0.2) is 0 Å². The van der Waals surface area contributed by atoms with Gasteiger partial charge in [-0.15, -0.1) is 0 Å². The van der Waals surface area contributed by atoms with E-state index in [2.05, 4.69) is 27.8 Å². The summed E-state index contributed by atoms with van der Waals surface area (Å²) in [6.45, 7) is 5.58. The summed E-state index contributed by atoms with van der Waals surface area (Å²) >= 11 is 0. The molecule has 1 aliphatic heterocycles. The number of likely N-dealkylation sites (tertiary alicyclic amines) is 1. The quantitative estimate of drug-likeness (QED) is 0.869. The summed E-state index contributed by atoms with van der Waals surface area (Å²) in [5.74, 6) is 0.907. The minimum Gasteiger partial charge on any atom is -0.363 e. The maximum Gasteiger partial charge on any atom is 0.255 e. The van der Waals surface area contributed by atoms with Crippen LogP contribution in [0.4, 0.5) is 5.82 Å². The van der Waals surface area contributed by atoms with Gasteiger partial charge in [-0.05, 0) is 44.9 Å². The van der Waals surface area contributed by atoms with E-state index in [4.69, 9.17) is 0 Å². The van der Waals surface area contributed by atoms with Crippen molar-refractivity contribution in [2.75, 3.05) is 32.1 Å². The predicted molar refractivity (Wildman–Crippen MR) is 94.4 cm³/mol. The fraction of sp³-hybridized carbons (Fsp3) is 0.500. The van der Waals surface area contributed by atoms with Crippen LogP contribution in [0.5, 0.6) is 0 Å². The summed E-state index contributed by atoms with van der Waals surface area (Å²) in [5.41, 5.74) is 2.83. The smallest absolute Gasteiger partial charge is 0.255 e. The molecule has 24 heavy (non-hydrogen) atoms. The zero-order valence-corrected chi connectivity index (χ0v) is 14.9. The van der Waals surface area contributed by atoms with E-state index in [0.29, 0.717) is 12.1 Å². The fourth-order valence-electron chi connectivity index (χ4n) is 3.31. The van der Waals surface area contributed by atoms with E-state index >= 15 is 0 Å². The number of piperidine rings is 1. The van der Waals surface area contributed by atoms with E-state index in [1.807, 2.05) is 43.0 Å². The van der Waals surface area contributed by atoms with Gasteiger partial charge in [0.2, 0.25) is 0 Å². The lowest BCUT2D eigenvalue weighted by molar-refractivity contribution is 0.0671. The number of anilines is 1. The Hall–Kier alpha value is -2.37. The molecule has 1 saturated heterocycles. The number of amides is 1. The molecule has 3 rings (SSSR count). The van der Waals surface area contributed by atoms with Crippen LogP contribution < -0.4 is 4.90 Å². The molecular formula is C18H25N5O. The second-order valence-corrected chi connectivity index (χ2v) is 6.72. The van der Waals surface area contributed by atoms with Crippen LogP contribution in [0.1, 0.15) is 40.6 Å². The van der Waals surface area contributed by atoms with Crippen molar-refractivity contribution in [2.24, 2.45) is 0 Å². The Balaban J connectivity index is 1.74. The molecule has 1 fully saturated rings. The standard InChI is InChI=1S/C18H25N5O/c1-13-10-14(2)23(20-13)16-6-5-9-22(12-16)18(24)15-7-8-17(19-11-15)21(3)4/h7-8,10-11,16H,5-6,9,12H2,1-4H3/t16-/m1/s1. The van der Waals surface area contributed by atoms with Gasteiger partial charge >= 0.3 is 0 Å². The molecule has 6 heteroatoms. The van der Waals surface area contributed by atoms with Crippen molar-refractivity contribution in [3.8, 4) is 0 Å². The van der Waals surface area contributed by atoms with E-state index in [9.17, 15) is 4.79 Å². The van der Waals surface area contributed by atoms with Gasteiger partial charge in [0.05, 0.1) is 17.3 Å². The highest BCUT2D eigenvalue weighted by atomic mass is 16.2. The van der Waals surface area contributed by atoms with E-state index in [0.717, 1.165) is 36.6 Å². The minimum atomic E-state index is 0.0547. The second kappa shape index (κ2) is 6.63. The molecule has 3 heterocycles. The highest BCUT2D eigenvalue weighted by Crippen LogP contribution is 2.24. The molecule has 2 aromatic rings. The Morgan fingerprint density at radius 1 is 1.29 bits per heavy atom. The van der Waals surface area contributed by atoms with Gasteiger partial charge in [-0.25, -0.2) is 4.98 Å². The molecule has 2 aromatic heterocycles. The van der Waals surface area contributed by atoms with Crippen LogP contribution in [0.2, 0.25) is 0 Å². The molecule has 0 aliphatic carbocycles. The maximum absolute atomic E-state index is 12.8. The van der Waals surface area contributed by atoms with E-state index < -0.39 is 0 Å². The second-order valence-electron chi connectivity index (χ2n) is 6.72. The third-order valence-electron chi connectivity index (χ3n) is 4.53. The summed E-state index contributed by atoms with van der Waals surface area (Å²) < 4.78 is 2.07. The molecule has 0 aromatic carbocycles. The number of rotatable bonds is 3. The molecule has 0 unspecified atom stereocenters. The third-order valence-corrected chi connectivity index (χ3v) is 4.53. The highest BCUT2D eigenvalue weighted by Gasteiger charge is 2.27. The van der Waals surface area contributed by atoms with Crippen molar-refractivity contribution in [1.82, 2.24) is 19.7 Å². The van der Waals surface area contributed by atoms with Crippen LogP contribution in [-0.2, 0) is 0 Å². The minimum absolute atomic E-state index is 0.0547. The SMILES string of the molecule is Cc1cc(C)n([C@@H]2CCCN(C(=O)c3ccc(N(C)C)nc3)C2)n1. The molecule has 0 saturated carbocycles. The molecule has 1 aliphatic rings. The monoisotopic (exact) mass is 327 g/mol. The molecule has 128 valence electrons. The molecule has 1 atom stereocenters. The van der Waals surface area contributed by atoms with E-state index in [1.54, 1.807) is 6.20 Å². The van der Waals surface area contributed by atoms with Crippen molar-refractivity contribution in [3.05, 3.63) is 41.3 Å². The number of aromatic nitrogens is 3. The van der Waals surface area contributed by atoms with Crippen LogP contribution in [0, 0.1) is 13.8 Å². The Morgan fingerprint density at radius 3 is 2.67 bits per heavy atom. The van der Waals surface area contributed by atoms with Crippen LogP contribution in [0.15, 0.2) is 24.4 Å². The summed E-state index contributed by atoms with van der Waals surface area (Å²) in [5, 5.41) is 4.59. The first kappa shape index (κ1) is 16.5. The first-order valence-electron chi connectivity index (χ1n) is 8.41. The Kier molecular flexibility index (Phi) is 4.55. The van der Waals surface area contributed by atoms with Gasteiger partial charge in [0.25, 0.3) is 5.91 Å². The van der Waals surface area contributed by atoms with Gasteiger partial charge < -0.3 is 9.80 Å². The Bertz CT molecular complexity index is 720. The molecule has 0 N–H and O–H groups in total. The van der Waals surface area contributed by atoms with Crippen molar-refractivity contribution in [3.63, 3.8) is 0 Å². The summed E-state index contributed by atoms with van der Waals surface area (Å²) in [7, 11) is 3.88. The number of pyridine rings is 1. The van der Waals surface area contributed by atoms with Crippen LogP contribution in [0.25, 0.3) is 0 Å². The van der Waals surface area contributed by atoms with E-state index in [1.165, 1.54) is 0 Å². The van der Waals surface area contributed by atoms with Crippen LogP contribution in [-0.4, -0.2) is 52.8 Å². The number of nitrogens with zero attached hydrogens (tertiary/aromatic N) is 5. The predicted octanol–water partition coefficient (Wildman–Crippen LogP) is 2.44. The van der Waals surface area contributed by atoms with Gasteiger partial charge in [-0.2, -0.15) is 5.10 Å². The number of hydrogen-bond acceptors (Lipinski definition) is 4. The summed E-state index contributed by atoms with van der Waals surface area (Å²) in [6.07, 6.45) is 3.73. The van der Waals surface area contributed by atoms with Gasteiger partial charge in [0.1, 0.15) is 5.82 Å².